The van der Waals surface area contributed by atoms with Crippen LogP contribution in [0.5, 0.6) is 11.5 Å². The molecular formula is C22H32N2O3. The van der Waals surface area contributed by atoms with E-state index in [2.05, 4.69) is 28.9 Å². The molecule has 3 heterocycles. The Morgan fingerprint density at radius 2 is 1.67 bits per heavy atom. The third-order valence-electron chi connectivity index (χ3n) is 7.16. The summed E-state index contributed by atoms with van der Waals surface area (Å²) in [5.41, 5.74) is 3.32. The van der Waals surface area contributed by atoms with Crippen molar-refractivity contribution in [3.05, 3.63) is 23.3 Å². The lowest BCUT2D eigenvalue weighted by atomic mass is 9.71. The van der Waals surface area contributed by atoms with Crippen molar-refractivity contribution < 1.29 is 14.2 Å². The minimum absolute atomic E-state index is 0.308. The van der Waals surface area contributed by atoms with Gasteiger partial charge in [-0.1, -0.05) is 12.8 Å². The number of ether oxygens (including phenoxy) is 3. The van der Waals surface area contributed by atoms with Crippen LogP contribution in [0, 0.1) is 0 Å². The van der Waals surface area contributed by atoms with Crippen LogP contribution in [0.1, 0.15) is 49.8 Å². The maximum atomic E-state index is 5.92. The largest absolute Gasteiger partial charge is 0.486 e. The van der Waals surface area contributed by atoms with Gasteiger partial charge in [0.2, 0.25) is 0 Å². The molecule has 148 valence electrons. The van der Waals surface area contributed by atoms with Gasteiger partial charge in [0, 0.05) is 44.2 Å². The van der Waals surface area contributed by atoms with E-state index in [9.17, 15) is 0 Å². The van der Waals surface area contributed by atoms with Crippen molar-refractivity contribution in [2.75, 3.05) is 59.2 Å². The van der Waals surface area contributed by atoms with Gasteiger partial charge in [-0.3, -0.25) is 9.80 Å². The fraction of sp³-hybridized carbons (Fsp3) is 0.727. The molecule has 1 spiro atoms. The predicted octanol–water partition coefficient (Wildman–Crippen LogP) is 2.98. The molecule has 5 rings (SSSR count). The fourth-order valence-electron chi connectivity index (χ4n) is 5.56. The fourth-order valence-corrected chi connectivity index (χ4v) is 5.56. The molecular weight excluding hydrogens is 340 g/mol. The lowest BCUT2D eigenvalue weighted by molar-refractivity contribution is 0.0275. The van der Waals surface area contributed by atoms with Crippen molar-refractivity contribution in [1.82, 2.24) is 9.80 Å². The minimum Gasteiger partial charge on any atom is -0.486 e. The molecule has 1 atom stereocenters. The molecule has 1 aromatic rings. The highest BCUT2D eigenvalue weighted by atomic mass is 16.6. The molecule has 0 radical (unpaired) electrons. The molecule has 3 aliphatic heterocycles. The Morgan fingerprint density at radius 3 is 2.41 bits per heavy atom. The van der Waals surface area contributed by atoms with Crippen molar-refractivity contribution in [1.29, 1.82) is 0 Å². The van der Waals surface area contributed by atoms with Crippen LogP contribution in [-0.2, 0) is 10.2 Å². The average molecular weight is 373 g/mol. The molecule has 0 N–H and O–H groups in total. The zero-order valence-corrected chi connectivity index (χ0v) is 16.5. The molecule has 4 aliphatic rings. The molecule has 1 saturated carbocycles. The molecule has 1 unspecified atom stereocenters. The summed E-state index contributed by atoms with van der Waals surface area (Å²) in [5, 5.41) is 0. The topological polar surface area (TPSA) is 34.2 Å². The summed E-state index contributed by atoms with van der Waals surface area (Å²) < 4.78 is 17.3. The van der Waals surface area contributed by atoms with Crippen LogP contribution in [0.4, 0.5) is 0 Å². The average Bonchev–Trinajstić information content (AvgIpc) is 3.19. The maximum absolute atomic E-state index is 5.92. The summed E-state index contributed by atoms with van der Waals surface area (Å²) in [6.45, 7) is 11.1. The second-order valence-electron chi connectivity index (χ2n) is 8.67. The van der Waals surface area contributed by atoms with Crippen LogP contribution < -0.4 is 9.47 Å². The molecule has 2 fully saturated rings. The highest BCUT2D eigenvalue weighted by Gasteiger charge is 2.44. The molecule has 5 heteroatoms. The Balaban J connectivity index is 1.43. The van der Waals surface area contributed by atoms with Gasteiger partial charge in [-0.15, -0.1) is 0 Å². The first kappa shape index (κ1) is 17.8. The Kier molecular flexibility index (Phi) is 4.78. The Hall–Kier alpha value is -1.30. The second-order valence-corrected chi connectivity index (χ2v) is 8.67. The number of benzene rings is 1. The summed E-state index contributed by atoms with van der Waals surface area (Å²) in [5.74, 6) is 1.90. The Morgan fingerprint density at radius 1 is 0.963 bits per heavy atom. The molecule has 1 saturated heterocycles. The van der Waals surface area contributed by atoms with Gasteiger partial charge in [0.15, 0.2) is 11.5 Å². The monoisotopic (exact) mass is 372 g/mol. The van der Waals surface area contributed by atoms with Crippen molar-refractivity contribution in [3.8, 4) is 11.5 Å². The number of rotatable bonds is 3. The first-order valence-corrected chi connectivity index (χ1v) is 10.7. The molecule has 0 amide bonds. The smallest absolute Gasteiger partial charge is 0.161 e. The second kappa shape index (κ2) is 7.26. The van der Waals surface area contributed by atoms with Crippen molar-refractivity contribution in [2.45, 2.75) is 44.1 Å². The zero-order chi connectivity index (χ0) is 18.3. The van der Waals surface area contributed by atoms with Gasteiger partial charge in [0.25, 0.3) is 0 Å². The molecule has 1 aromatic carbocycles. The van der Waals surface area contributed by atoms with Crippen LogP contribution in [0.25, 0.3) is 0 Å². The SMILES string of the molecule is CC1c2cc3c(cc2C2(CCCC2)CN1CCN1CCOCC1)OCCO3. The van der Waals surface area contributed by atoms with Gasteiger partial charge < -0.3 is 14.2 Å². The van der Waals surface area contributed by atoms with Crippen LogP contribution >= 0.6 is 0 Å². The van der Waals surface area contributed by atoms with Gasteiger partial charge >= 0.3 is 0 Å². The minimum atomic E-state index is 0.308. The van der Waals surface area contributed by atoms with E-state index in [0.717, 1.165) is 50.9 Å². The third kappa shape index (κ3) is 3.24. The van der Waals surface area contributed by atoms with Crippen molar-refractivity contribution in [3.63, 3.8) is 0 Å². The van der Waals surface area contributed by atoms with Gasteiger partial charge in [-0.05, 0) is 43.0 Å². The van der Waals surface area contributed by atoms with E-state index in [0.29, 0.717) is 24.7 Å². The third-order valence-corrected chi connectivity index (χ3v) is 7.16. The quantitative estimate of drug-likeness (QED) is 0.815. The number of fused-ring (bicyclic) bond motifs is 3. The highest BCUT2D eigenvalue weighted by molar-refractivity contribution is 5.53. The number of hydrogen-bond acceptors (Lipinski definition) is 5. The standard InChI is InChI=1S/C22H32N2O3/c1-17-18-14-20-21(27-13-12-26-20)15-19(18)22(4-2-3-5-22)16-24(17)7-6-23-8-10-25-11-9-23/h14-15,17H,2-13,16H2,1H3. The summed E-state index contributed by atoms with van der Waals surface area (Å²) in [4.78, 5) is 5.27. The van der Waals surface area contributed by atoms with E-state index in [-0.39, 0.29) is 0 Å². The predicted molar refractivity (Wildman–Crippen MR) is 105 cm³/mol. The highest BCUT2D eigenvalue weighted by Crippen LogP contribution is 2.51. The molecule has 1 aliphatic carbocycles. The zero-order valence-electron chi connectivity index (χ0n) is 16.5. The molecule has 0 aromatic heterocycles. The van der Waals surface area contributed by atoms with Crippen LogP contribution in [0.3, 0.4) is 0 Å². The summed E-state index contributed by atoms with van der Waals surface area (Å²) in [6, 6.07) is 5.04. The van der Waals surface area contributed by atoms with E-state index in [4.69, 9.17) is 14.2 Å². The first-order valence-electron chi connectivity index (χ1n) is 10.7. The van der Waals surface area contributed by atoms with Gasteiger partial charge in [0.05, 0.1) is 13.2 Å². The summed E-state index contributed by atoms with van der Waals surface area (Å²) >= 11 is 0. The maximum Gasteiger partial charge on any atom is 0.161 e. The summed E-state index contributed by atoms with van der Waals surface area (Å²) in [6.07, 6.45) is 5.31. The number of morpholine rings is 1. The first-order chi connectivity index (χ1) is 13.3. The van der Waals surface area contributed by atoms with Crippen molar-refractivity contribution in [2.24, 2.45) is 0 Å². The van der Waals surface area contributed by atoms with E-state index in [1.165, 1.54) is 37.8 Å². The van der Waals surface area contributed by atoms with E-state index in [1.807, 2.05) is 0 Å². The van der Waals surface area contributed by atoms with Crippen molar-refractivity contribution >= 4 is 0 Å². The van der Waals surface area contributed by atoms with Crippen LogP contribution in [0.15, 0.2) is 12.1 Å². The lowest BCUT2D eigenvalue weighted by Gasteiger charge is -2.47. The van der Waals surface area contributed by atoms with Gasteiger partial charge in [-0.2, -0.15) is 0 Å². The number of hydrogen-bond donors (Lipinski definition) is 0. The Bertz CT molecular complexity index is 680. The van der Waals surface area contributed by atoms with E-state index in [1.54, 1.807) is 5.56 Å². The van der Waals surface area contributed by atoms with Crippen LogP contribution in [-0.4, -0.2) is 69.0 Å². The van der Waals surface area contributed by atoms with Gasteiger partial charge in [0.1, 0.15) is 13.2 Å². The number of nitrogens with zero attached hydrogens (tertiary/aromatic N) is 2. The molecule has 0 bridgehead atoms. The Labute approximate surface area is 162 Å². The van der Waals surface area contributed by atoms with E-state index >= 15 is 0 Å². The lowest BCUT2D eigenvalue weighted by Crippen LogP contribution is -2.49. The molecule has 5 nitrogen and oxygen atoms in total. The van der Waals surface area contributed by atoms with Crippen LogP contribution in [0.2, 0.25) is 0 Å². The summed E-state index contributed by atoms with van der Waals surface area (Å²) in [7, 11) is 0. The van der Waals surface area contributed by atoms with E-state index < -0.39 is 0 Å². The molecule has 27 heavy (non-hydrogen) atoms. The normalized spacial score (nSPS) is 27.7. The van der Waals surface area contributed by atoms with Gasteiger partial charge in [-0.25, -0.2) is 0 Å².